The number of carbonyl (C=O) groups excluding carboxylic acids is 1. The van der Waals surface area contributed by atoms with Crippen molar-refractivity contribution in [1.82, 2.24) is 14.5 Å². The minimum absolute atomic E-state index is 0.0724. The van der Waals surface area contributed by atoms with E-state index in [0.29, 0.717) is 23.5 Å². The SMILES string of the molecule is CCn1c(SCC(=O)N2CCCC[C@H]2C)nc2sc3c(c2c1=O)CCCC3. The molecule has 0 spiro atoms. The summed E-state index contributed by atoms with van der Waals surface area (Å²) in [6.45, 7) is 5.55. The van der Waals surface area contributed by atoms with Crippen molar-refractivity contribution in [3.8, 4) is 0 Å². The minimum atomic E-state index is 0.0724. The molecule has 1 amide bonds. The molecule has 4 rings (SSSR count). The molecule has 0 aromatic carbocycles. The van der Waals surface area contributed by atoms with Gasteiger partial charge in [0.1, 0.15) is 4.83 Å². The molecule has 1 aliphatic carbocycles. The number of thioether (sulfide) groups is 1. The van der Waals surface area contributed by atoms with Crippen molar-refractivity contribution in [2.75, 3.05) is 12.3 Å². The summed E-state index contributed by atoms with van der Waals surface area (Å²) in [6.07, 6.45) is 7.79. The summed E-state index contributed by atoms with van der Waals surface area (Å²) in [5.74, 6) is 0.516. The third-order valence-electron chi connectivity index (χ3n) is 5.80. The van der Waals surface area contributed by atoms with Crippen LogP contribution >= 0.6 is 23.1 Å². The van der Waals surface area contributed by atoms with Gasteiger partial charge in [0.15, 0.2) is 5.16 Å². The summed E-state index contributed by atoms with van der Waals surface area (Å²) in [7, 11) is 0. The van der Waals surface area contributed by atoms with E-state index in [9.17, 15) is 9.59 Å². The van der Waals surface area contributed by atoms with Gasteiger partial charge in [-0.15, -0.1) is 11.3 Å². The van der Waals surface area contributed by atoms with Crippen molar-refractivity contribution in [2.45, 2.75) is 76.5 Å². The number of thiophene rings is 1. The van der Waals surface area contributed by atoms with Crippen molar-refractivity contribution in [2.24, 2.45) is 0 Å². The van der Waals surface area contributed by atoms with E-state index in [4.69, 9.17) is 4.98 Å². The van der Waals surface area contributed by atoms with Crippen LogP contribution in [0.4, 0.5) is 0 Å². The number of amides is 1. The topological polar surface area (TPSA) is 55.2 Å². The normalized spacial score (nSPS) is 20.1. The number of fused-ring (bicyclic) bond motifs is 3. The van der Waals surface area contributed by atoms with Crippen LogP contribution in [0.3, 0.4) is 0 Å². The average molecular weight is 406 g/mol. The molecule has 1 atom stereocenters. The maximum absolute atomic E-state index is 13.1. The van der Waals surface area contributed by atoms with Gasteiger partial charge in [-0.05, 0) is 64.4 Å². The van der Waals surface area contributed by atoms with Gasteiger partial charge in [0.25, 0.3) is 5.56 Å². The zero-order chi connectivity index (χ0) is 19.0. The largest absolute Gasteiger partial charge is 0.339 e. The summed E-state index contributed by atoms with van der Waals surface area (Å²) in [5.41, 5.74) is 1.30. The van der Waals surface area contributed by atoms with Gasteiger partial charge in [0.2, 0.25) is 5.91 Å². The van der Waals surface area contributed by atoms with Crippen molar-refractivity contribution >= 4 is 39.2 Å². The van der Waals surface area contributed by atoms with Crippen LogP contribution in [0.15, 0.2) is 9.95 Å². The first-order chi connectivity index (χ1) is 13.1. The molecule has 2 aromatic heterocycles. The second-order valence-corrected chi connectivity index (χ2v) is 9.58. The number of piperidine rings is 1. The molecule has 5 nitrogen and oxygen atoms in total. The Bertz CT molecular complexity index is 918. The Morgan fingerprint density at radius 2 is 2.07 bits per heavy atom. The van der Waals surface area contributed by atoms with Gasteiger partial charge in [0.05, 0.1) is 11.1 Å². The molecule has 3 heterocycles. The molecule has 1 aliphatic heterocycles. The maximum atomic E-state index is 13.1. The lowest BCUT2D eigenvalue weighted by molar-refractivity contribution is -0.131. The highest BCUT2D eigenvalue weighted by Crippen LogP contribution is 2.34. The van der Waals surface area contributed by atoms with Crippen LogP contribution in [0.5, 0.6) is 0 Å². The third-order valence-corrected chi connectivity index (χ3v) is 7.95. The molecule has 146 valence electrons. The van der Waals surface area contributed by atoms with Gasteiger partial charge >= 0.3 is 0 Å². The molecule has 0 unspecified atom stereocenters. The Kier molecular flexibility index (Phi) is 5.60. The number of nitrogens with zero attached hydrogens (tertiary/aromatic N) is 3. The minimum Gasteiger partial charge on any atom is -0.339 e. The van der Waals surface area contributed by atoms with E-state index in [-0.39, 0.29) is 11.5 Å². The Balaban J connectivity index is 1.61. The van der Waals surface area contributed by atoms with Crippen molar-refractivity contribution in [3.05, 3.63) is 20.8 Å². The van der Waals surface area contributed by atoms with Crippen LogP contribution in [0, 0.1) is 0 Å². The van der Waals surface area contributed by atoms with Gasteiger partial charge in [-0.2, -0.15) is 0 Å². The zero-order valence-corrected chi connectivity index (χ0v) is 17.8. The van der Waals surface area contributed by atoms with Crippen molar-refractivity contribution in [3.63, 3.8) is 0 Å². The first-order valence-corrected chi connectivity index (χ1v) is 11.9. The highest BCUT2D eigenvalue weighted by atomic mass is 32.2. The molecule has 2 aromatic rings. The number of likely N-dealkylation sites (tertiary alicyclic amines) is 1. The number of hydrogen-bond donors (Lipinski definition) is 0. The van der Waals surface area contributed by atoms with Crippen LogP contribution in [-0.4, -0.2) is 38.7 Å². The first kappa shape index (κ1) is 19.0. The van der Waals surface area contributed by atoms with Crippen LogP contribution in [0.25, 0.3) is 10.2 Å². The van der Waals surface area contributed by atoms with Gasteiger partial charge < -0.3 is 4.90 Å². The van der Waals surface area contributed by atoms with E-state index >= 15 is 0 Å². The monoisotopic (exact) mass is 405 g/mol. The lowest BCUT2D eigenvalue weighted by Gasteiger charge is -2.33. The van der Waals surface area contributed by atoms with E-state index in [0.717, 1.165) is 48.9 Å². The molecule has 7 heteroatoms. The summed E-state index contributed by atoms with van der Waals surface area (Å²) in [6, 6.07) is 0.319. The number of hydrogen-bond acceptors (Lipinski definition) is 5. The van der Waals surface area contributed by atoms with E-state index in [1.54, 1.807) is 15.9 Å². The van der Waals surface area contributed by atoms with Gasteiger partial charge in [-0.3, -0.25) is 14.2 Å². The van der Waals surface area contributed by atoms with Crippen LogP contribution in [0.1, 0.15) is 56.4 Å². The summed E-state index contributed by atoms with van der Waals surface area (Å²) in [5, 5.41) is 1.52. The molecule has 1 fully saturated rings. The Hall–Kier alpha value is -1.34. The molecule has 27 heavy (non-hydrogen) atoms. The highest BCUT2D eigenvalue weighted by Gasteiger charge is 2.25. The van der Waals surface area contributed by atoms with Crippen molar-refractivity contribution < 1.29 is 4.79 Å². The summed E-state index contributed by atoms with van der Waals surface area (Å²) >= 11 is 3.09. The predicted molar refractivity (Wildman–Crippen MR) is 112 cm³/mol. The third kappa shape index (κ3) is 3.56. The van der Waals surface area contributed by atoms with E-state index in [2.05, 4.69) is 6.92 Å². The summed E-state index contributed by atoms with van der Waals surface area (Å²) < 4.78 is 1.75. The Morgan fingerprint density at radius 1 is 1.26 bits per heavy atom. The standard InChI is InChI=1S/C20H27N3O2S2/c1-3-22-19(25)17-14-9-4-5-10-15(14)27-18(17)21-20(22)26-12-16(24)23-11-7-6-8-13(23)2/h13H,3-12H2,1-2H3/t13-/m1/s1. The number of aryl methyl sites for hydroxylation is 2. The van der Waals surface area contributed by atoms with Gasteiger partial charge in [0, 0.05) is 24.0 Å². The number of rotatable bonds is 4. The Labute approximate surface area is 168 Å². The second kappa shape index (κ2) is 7.95. The smallest absolute Gasteiger partial charge is 0.263 e. The van der Waals surface area contributed by atoms with Crippen LogP contribution in [0.2, 0.25) is 0 Å². The van der Waals surface area contributed by atoms with Crippen LogP contribution < -0.4 is 5.56 Å². The quantitative estimate of drug-likeness (QED) is 0.573. The molecule has 0 N–H and O–H groups in total. The molecular weight excluding hydrogens is 378 g/mol. The highest BCUT2D eigenvalue weighted by molar-refractivity contribution is 7.99. The molecule has 1 saturated heterocycles. The predicted octanol–water partition coefficient (Wildman–Crippen LogP) is 3.85. The zero-order valence-electron chi connectivity index (χ0n) is 16.1. The van der Waals surface area contributed by atoms with Crippen LogP contribution in [-0.2, 0) is 24.2 Å². The second-order valence-electron chi connectivity index (χ2n) is 7.56. The Morgan fingerprint density at radius 3 is 2.85 bits per heavy atom. The van der Waals surface area contributed by atoms with Gasteiger partial charge in [-0.1, -0.05) is 11.8 Å². The summed E-state index contributed by atoms with van der Waals surface area (Å²) in [4.78, 5) is 34.8. The number of carbonyl (C=O) groups is 1. The molecule has 0 radical (unpaired) electrons. The lowest BCUT2D eigenvalue weighted by atomic mass is 9.97. The first-order valence-electron chi connectivity index (χ1n) is 10.1. The maximum Gasteiger partial charge on any atom is 0.263 e. The molecule has 2 aliphatic rings. The van der Waals surface area contributed by atoms with E-state index < -0.39 is 0 Å². The van der Waals surface area contributed by atoms with Gasteiger partial charge in [-0.25, -0.2) is 4.98 Å². The van der Waals surface area contributed by atoms with E-state index in [1.807, 2.05) is 11.8 Å². The number of aromatic nitrogens is 2. The molecular formula is C20H27N3O2S2. The lowest BCUT2D eigenvalue weighted by Crippen LogP contribution is -2.43. The molecule has 0 saturated carbocycles. The fourth-order valence-corrected chi connectivity index (χ4v) is 6.54. The average Bonchev–Trinajstić information content (AvgIpc) is 3.05. The van der Waals surface area contributed by atoms with E-state index in [1.165, 1.54) is 35.0 Å². The molecule has 0 bridgehead atoms. The van der Waals surface area contributed by atoms with Crippen molar-refractivity contribution in [1.29, 1.82) is 0 Å². The fraction of sp³-hybridized carbons (Fsp3) is 0.650. The fourth-order valence-electron chi connectivity index (χ4n) is 4.29.